The summed E-state index contributed by atoms with van der Waals surface area (Å²) >= 11 is 6.30. The Morgan fingerprint density at radius 1 is 1.10 bits per heavy atom. The first kappa shape index (κ1) is 19.0. The van der Waals surface area contributed by atoms with Crippen molar-refractivity contribution in [1.29, 1.82) is 0 Å². The van der Waals surface area contributed by atoms with Crippen LogP contribution in [0.2, 0.25) is 5.02 Å². The zero-order valence-electron chi connectivity index (χ0n) is 16.0. The summed E-state index contributed by atoms with van der Waals surface area (Å²) in [5.41, 5.74) is 4.33. The van der Waals surface area contributed by atoms with Crippen molar-refractivity contribution in [3.8, 4) is 17.2 Å². The summed E-state index contributed by atoms with van der Waals surface area (Å²) in [6, 6.07) is 18.1. The van der Waals surface area contributed by atoms with E-state index in [1.807, 2.05) is 38.1 Å². The third-order valence-corrected chi connectivity index (χ3v) is 4.76. The SMILES string of the molecule is CCOc1ccc(C(=O)Nc2cc(-c3nc4cc(C)ccc4o3)ccc2Cl)cc1. The first-order valence-corrected chi connectivity index (χ1v) is 9.62. The minimum absolute atomic E-state index is 0.264. The molecule has 1 N–H and O–H groups in total. The number of nitrogens with zero attached hydrogens (tertiary/aromatic N) is 1. The minimum atomic E-state index is -0.264. The van der Waals surface area contributed by atoms with E-state index in [0.717, 1.165) is 22.4 Å². The standard InChI is InChI=1S/C23H19ClN2O3/c1-3-28-17-8-5-15(6-9-17)22(27)25-19-13-16(7-10-18(19)24)23-26-20-12-14(2)4-11-21(20)29-23/h4-13H,3H2,1-2H3,(H,25,27). The Bertz CT molecular complexity index is 1180. The van der Waals surface area contributed by atoms with E-state index in [1.54, 1.807) is 36.4 Å². The van der Waals surface area contributed by atoms with E-state index in [0.29, 0.717) is 34.4 Å². The number of amides is 1. The molecular weight excluding hydrogens is 388 g/mol. The third-order valence-electron chi connectivity index (χ3n) is 4.43. The highest BCUT2D eigenvalue weighted by Crippen LogP contribution is 2.31. The monoisotopic (exact) mass is 406 g/mol. The second-order valence-electron chi connectivity index (χ2n) is 6.60. The summed E-state index contributed by atoms with van der Waals surface area (Å²) < 4.78 is 11.3. The molecule has 0 unspecified atom stereocenters. The van der Waals surface area contributed by atoms with Crippen LogP contribution in [0.1, 0.15) is 22.8 Å². The zero-order valence-corrected chi connectivity index (χ0v) is 16.8. The fourth-order valence-electron chi connectivity index (χ4n) is 2.98. The number of aromatic nitrogens is 1. The molecule has 0 radical (unpaired) electrons. The topological polar surface area (TPSA) is 64.4 Å². The van der Waals surface area contributed by atoms with Crippen LogP contribution in [0.15, 0.2) is 65.1 Å². The van der Waals surface area contributed by atoms with E-state index in [2.05, 4.69) is 10.3 Å². The maximum atomic E-state index is 12.6. The van der Waals surface area contributed by atoms with Gasteiger partial charge in [-0.05, 0) is 74.0 Å². The average molecular weight is 407 g/mol. The molecule has 6 heteroatoms. The number of rotatable bonds is 5. The molecule has 0 spiro atoms. The van der Waals surface area contributed by atoms with Gasteiger partial charge in [-0.25, -0.2) is 4.98 Å². The molecule has 0 aliphatic heterocycles. The van der Waals surface area contributed by atoms with Gasteiger partial charge in [0.15, 0.2) is 5.58 Å². The van der Waals surface area contributed by atoms with E-state index >= 15 is 0 Å². The number of oxazole rings is 1. The van der Waals surface area contributed by atoms with Crippen LogP contribution in [0.4, 0.5) is 5.69 Å². The van der Waals surface area contributed by atoms with Gasteiger partial charge in [0.2, 0.25) is 5.89 Å². The van der Waals surface area contributed by atoms with Crippen molar-refractivity contribution >= 4 is 34.3 Å². The Balaban J connectivity index is 1.60. The van der Waals surface area contributed by atoms with Crippen LogP contribution in [-0.4, -0.2) is 17.5 Å². The number of ether oxygens (including phenoxy) is 1. The van der Waals surface area contributed by atoms with Crippen LogP contribution in [0.3, 0.4) is 0 Å². The summed E-state index contributed by atoms with van der Waals surface area (Å²) in [4.78, 5) is 17.2. The fourth-order valence-corrected chi connectivity index (χ4v) is 3.14. The Hall–Kier alpha value is -3.31. The first-order chi connectivity index (χ1) is 14.0. The van der Waals surface area contributed by atoms with E-state index in [1.165, 1.54) is 0 Å². The van der Waals surface area contributed by atoms with Crippen molar-refractivity contribution in [3.05, 3.63) is 76.8 Å². The molecule has 5 nitrogen and oxygen atoms in total. The maximum absolute atomic E-state index is 12.6. The van der Waals surface area contributed by atoms with Crippen LogP contribution < -0.4 is 10.1 Å². The van der Waals surface area contributed by atoms with Gasteiger partial charge in [-0.1, -0.05) is 17.7 Å². The Morgan fingerprint density at radius 2 is 1.90 bits per heavy atom. The van der Waals surface area contributed by atoms with Crippen LogP contribution in [0, 0.1) is 6.92 Å². The van der Waals surface area contributed by atoms with Gasteiger partial charge in [-0.2, -0.15) is 0 Å². The van der Waals surface area contributed by atoms with Crippen LogP contribution in [-0.2, 0) is 0 Å². The molecule has 0 aliphatic rings. The summed E-state index contributed by atoms with van der Waals surface area (Å²) in [5, 5.41) is 3.28. The highest BCUT2D eigenvalue weighted by atomic mass is 35.5. The summed E-state index contributed by atoms with van der Waals surface area (Å²) in [6.07, 6.45) is 0. The summed E-state index contributed by atoms with van der Waals surface area (Å²) in [5.74, 6) is 0.925. The normalized spacial score (nSPS) is 10.9. The van der Waals surface area contributed by atoms with Crippen molar-refractivity contribution < 1.29 is 13.9 Å². The van der Waals surface area contributed by atoms with Gasteiger partial charge in [0.25, 0.3) is 5.91 Å². The lowest BCUT2D eigenvalue weighted by Crippen LogP contribution is -2.12. The van der Waals surface area contributed by atoms with Crippen molar-refractivity contribution in [2.75, 3.05) is 11.9 Å². The summed E-state index contributed by atoms with van der Waals surface area (Å²) in [6.45, 7) is 4.49. The molecule has 0 saturated carbocycles. The minimum Gasteiger partial charge on any atom is -0.494 e. The lowest BCUT2D eigenvalue weighted by Gasteiger charge is -2.09. The van der Waals surface area contributed by atoms with Gasteiger partial charge in [0.05, 0.1) is 17.3 Å². The molecule has 29 heavy (non-hydrogen) atoms. The molecule has 0 aliphatic carbocycles. The summed E-state index contributed by atoms with van der Waals surface area (Å²) in [7, 11) is 0. The third kappa shape index (κ3) is 4.10. The van der Waals surface area contributed by atoms with Gasteiger partial charge < -0.3 is 14.5 Å². The predicted molar refractivity (Wildman–Crippen MR) is 115 cm³/mol. The second kappa shape index (κ2) is 7.97. The molecular formula is C23H19ClN2O3. The van der Waals surface area contributed by atoms with Crippen molar-refractivity contribution in [1.82, 2.24) is 4.98 Å². The van der Waals surface area contributed by atoms with E-state index in [9.17, 15) is 4.79 Å². The number of fused-ring (bicyclic) bond motifs is 1. The average Bonchev–Trinajstić information content (AvgIpc) is 3.13. The second-order valence-corrected chi connectivity index (χ2v) is 7.00. The fraction of sp³-hybridized carbons (Fsp3) is 0.130. The number of nitrogens with one attached hydrogen (secondary N) is 1. The van der Waals surface area contributed by atoms with Crippen LogP contribution >= 0.6 is 11.6 Å². The molecule has 0 fully saturated rings. The number of aryl methyl sites for hydroxylation is 1. The van der Waals surface area contributed by atoms with Crippen LogP contribution in [0.25, 0.3) is 22.6 Å². The highest BCUT2D eigenvalue weighted by Gasteiger charge is 2.13. The maximum Gasteiger partial charge on any atom is 0.255 e. The number of carbonyl (C=O) groups excluding carboxylic acids is 1. The predicted octanol–water partition coefficient (Wildman–Crippen LogP) is 6.11. The first-order valence-electron chi connectivity index (χ1n) is 9.25. The van der Waals surface area contributed by atoms with E-state index < -0.39 is 0 Å². The Kier molecular flexibility index (Phi) is 5.23. The lowest BCUT2D eigenvalue weighted by molar-refractivity contribution is 0.102. The number of halogens is 1. The highest BCUT2D eigenvalue weighted by molar-refractivity contribution is 6.34. The lowest BCUT2D eigenvalue weighted by atomic mass is 10.1. The van der Waals surface area contributed by atoms with Gasteiger partial charge in [0.1, 0.15) is 11.3 Å². The van der Waals surface area contributed by atoms with E-state index in [4.69, 9.17) is 20.8 Å². The van der Waals surface area contributed by atoms with Crippen molar-refractivity contribution in [2.45, 2.75) is 13.8 Å². The number of anilines is 1. The molecule has 0 bridgehead atoms. The van der Waals surface area contributed by atoms with Crippen molar-refractivity contribution in [2.24, 2.45) is 0 Å². The Morgan fingerprint density at radius 3 is 2.66 bits per heavy atom. The largest absolute Gasteiger partial charge is 0.494 e. The van der Waals surface area contributed by atoms with Gasteiger partial charge >= 0.3 is 0 Å². The molecule has 3 aromatic carbocycles. The molecule has 146 valence electrons. The van der Waals surface area contributed by atoms with Crippen molar-refractivity contribution in [3.63, 3.8) is 0 Å². The van der Waals surface area contributed by atoms with Crippen LogP contribution in [0.5, 0.6) is 5.75 Å². The smallest absolute Gasteiger partial charge is 0.255 e. The van der Waals surface area contributed by atoms with Gasteiger partial charge in [0, 0.05) is 11.1 Å². The number of carbonyl (C=O) groups is 1. The van der Waals surface area contributed by atoms with Gasteiger partial charge in [-0.3, -0.25) is 4.79 Å². The molecule has 0 atom stereocenters. The number of benzene rings is 3. The zero-order chi connectivity index (χ0) is 20.4. The number of hydrogen-bond donors (Lipinski definition) is 1. The molecule has 4 rings (SSSR count). The Labute approximate surface area is 173 Å². The molecule has 0 saturated heterocycles. The molecule has 1 aromatic heterocycles. The molecule has 1 heterocycles. The quantitative estimate of drug-likeness (QED) is 0.434. The van der Waals surface area contributed by atoms with E-state index in [-0.39, 0.29) is 5.91 Å². The van der Waals surface area contributed by atoms with Gasteiger partial charge in [-0.15, -0.1) is 0 Å². The molecule has 4 aromatic rings. The molecule has 1 amide bonds. The number of hydrogen-bond acceptors (Lipinski definition) is 4.